The number of anilines is 1. The molecule has 1 N–H and O–H groups in total. The van der Waals surface area contributed by atoms with Crippen molar-refractivity contribution in [3.8, 4) is 0 Å². The van der Waals surface area contributed by atoms with Crippen molar-refractivity contribution < 1.29 is 0 Å². The van der Waals surface area contributed by atoms with E-state index in [0.29, 0.717) is 5.92 Å². The molecule has 1 aromatic rings. The first kappa shape index (κ1) is 16.4. The fourth-order valence-corrected chi connectivity index (χ4v) is 3.25. The van der Waals surface area contributed by atoms with Crippen molar-refractivity contribution in [1.29, 1.82) is 0 Å². The summed E-state index contributed by atoms with van der Waals surface area (Å²) in [6.45, 7) is 15.2. The first-order valence-corrected chi connectivity index (χ1v) is 8.38. The summed E-state index contributed by atoms with van der Waals surface area (Å²) in [6.07, 6.45) is 2.26. The summed E-state index contributed by atoms with van der Waals surface area (Å²) in [5, 5.41) is 4.73. The highest BCUT2D eigenvalue weighted by Crippen LogP contribution is 2.27. The first-order valence-electron chi connectivity index (χ1n) is 7.56. The van der Waals surface area contributed by atoms with Crippen LogP contribution in [0.15, 0.2) is 0 Å². The van der Waals surface area contributed by atoms with E-state index in [1.165, 1.54) is 22.1 Å². The lowest BCUT2D eigenvalue weighted by atomic mass is 10.2. The number of hydrogen-bond acceptors (Lipinski definition) is 4. The van der Waals surface area contributed by atoms with Crippen molar-refractivity contribution >= 4 is 16.5 Å². The topological polar surface area (TPSA) is 28.2 Å². The summed E-state index contributed by atoms with van der Waals surface area (Å²) < 4.78 is 0. The Hall–Kier alpha value is -0.610. The molecule has 3 nitrogen and oxygen atoms in total. The Kier molecular flexibility index (Phi) is 7.39. The van der Waals surface area contributed by atoms with E-state index in [4.69, 9.17) is 4.98 Å². The van der Waals surface area contributed by atoms with E-state index in [9.17, 15) is 0 Å². The molecule has 0 saturated heterocycles. The van der Waals surface area contributed by atoms with Crippen LogP contribution in [0.4, 0.5) is 5.13 Å². The first-order chi connectivity index (χ1) is 9.12. The summed E-state index contributed by atoms with van der Waals surface area (Å²) in [5.41, 5.74) is 1.30. The largest absolute Gasteiger partial charge is 0.349 e. The molecule has 19 heavy (non-hydrogen) atoms. The van der Waals surface area contributed by atoms with Gasteiger partial charge in [-0.3, -0.25) is 0 Å². The minimum absolute atomic E-state index is 0.699. The second kappa shape index (κ2) is 8.54. The molecule has 0 saturated carbocycles. The molecular weight excluding hydrogens is 254 g/mol. The number of nitrogens with one attached hydrogen (secondary N) is 1. The molecule has 0 radical (unpaired) electrons. The third kappa shape index (κ3) is 5.11. The predicted molar refractivity (Wildman–Crippen MR) is 86.2 cm³/mol. The van der Waals surface area contributed by atoms with Gasteiger partial charge in [-0.1, -0.05) is 27.2 Å². The lowest BCUT2D eigenvalue weighted by Gasteiger charge is -2.16. The lowest BCUT2D eigenvalue weighted by Crippen LogP contribution is -2.21. The van der Waals surface area contributed by atoms with E-state index >= 15 is 0 Å². The van der Waals surface area contributed by atoms with Crippen LogP contribution in [0.2, 0.25) is 0 Å². The number of rotatable bonds is 9. The van der Waals surface area contributed by atoms with Crippen molar-refractivity contribution in [3.05, 3.63) is 10.6 Å². The molecule has 1 rings (SSSR count). The lowest BCUT2D eigenvalue weighted by molar-refractivity contribution is 0.553. The van der Waals surface area contributed by atoms with E-state index in [0.717, 1.165) is 32.6 Å². The van der Waals surface area contributed by atoms with E-state index in [-0.39, 0.29) is 0 Å². The SMILES string of the molecule is CCCc1nc(N(CC)CC)sc1CNCC(C)C. The summed E-state index contributed by atoms with van der Waals surface area (Å²) in [5.74, 6) is 0.699. The van der Waals surface area contributed by atoms with E-state index in [2.05, 4.69) is 44.8 Å². The molecule has 1 aromatic heterocycles. The van der Waals surface area contributed by atoms with E-state index < -0.39 is 0 Å². The Labute approximate surface area is 122 Å². The summed E-state index contributed by atoms with van der Waals surface area (Å²) >= 11 is 1.86. The Morgan fingerprint density at radius 2 is 1.89 bits per heavy atom. The Morgan fingerprint density at radius 3 is 2.42 bits per heavy atom. The van der Waals surface area contributed by atoms with Crippen molar-refractivity contribution in [1.82, 2.24) is 10.3 Å². The number of thiazole rings is 1. The molecule has 0 bridgehead atoms. The van der Waals surface area contributed by atoms with Crippen LogP contribution in [0.3, 0.4) is 0 Å². The second-order valence-corrected chi connectivity index (χ2v) is 6.38. The normalized spacial score (nSPS) is 11.3. The molecule has 0 aliphatic heterocycles. The number of aryl methyl sites for hydroxylation is 1. The minimum atomic E-state index is 0.699. The number of hydrogen-bond donors (Lipinski definition) is 1. The minimum Gasteiger partial charge on any atom is -0.349 e. The molecule has 0 atom stereocenters. The van der Waals surface area contributed by atoms with Gasteiger partial charge in [0.25, 0.3) is 0 Å². The third-order valence-electron chi connectivity index (χ3n) is 3.13. The molecule has 0 aliphatic carbocycles. The zero-order valence-corrected chi connectivity index (χ0v) is 13.9. The van der Waals surface area contributed by atoms with Crippen molar-refractivity contribution in [2.45, 2.75) is 54.0 Å². The van der Waals surface area contributed by atoms with Crippen LogP contribution < -0.4 is 10.2 Å². The van der Waals surface area contributed by atoms with Crippen LogP contribution in [0.5, 0.6) is 0 Å². The van der Waals surface area contributed by atoms with Gasteiger partial charge >= 0.3 is 0 Å². The van der Waals surface area contributed by atoms with E-state index in [1.807, 2.05) is 11.3 Å². The fourth-order valence-electron chi connectivity index (χ4n) is 2.04. The Morgan fingerprint density at radius 1 is 1.21 bits per heavy atom. The van der Waals surface area contributed by atoms with Gasteiger partial charge in [0, 0.05) is 24.5 Å². The maximum absolute atomic E-state index is 4.84. The number of nitrogens with zero attached hydrogens (tertiary/aromatic N) is 2. The van der Waals surface area contributed by atoms with Crippen LogP contribution in [-0.2, 0) is 13.0 Å². The van der Waals surface area contributed by atoms with Crippen molar-refractivity contribution in [2.24, 2.45) is 5.92 Å². The fraction of sp³-hybridized carbons (Fsp3) is 0.800. The summed E-state index contributed by atoms with van der Waals surface area (Å²) in [7, 11) is 0. The molecule has 0 aromatic carbocycles. The highest BCUT2D eigenvalue weighted by Gasteiger charge is 2.13. The highest BCUT2D eigenvalue weighted by molar-refractivity contribution is 7.15. The quantitative estimate of drug-likeness (QED) is 0.749. The van der Waals surface area contributed by atoms with E-state index in [1.54, 1.807) is 0 Å². The maximum Gasteiger partial charge on any atom is 0.185 e. The van der Waals surface area contributed by atoms with Gasteiger partial charge in [-0.25, -0.2) is 4.98 Å². The van der Waals surface area contributed by atoms with Gasteiger partial charge < -0.3 is 10.2 Å². The average molecular weight is 283 g/mol. The standard InChI is InChI=1S/C15H29N3S/c1-6-9-13-14(11-16-10-12(4)5)19-15(17-13)18(7-2)8-3/h12,16H,6-11H2,1-5H3. The second-order valence-electron chi connectivity index (χ2n) is 5.31. The third-order valence-corrected chi connectivity index (χ3v) is 4.28. The molecule has 0 unspecified atom stereocenters. The summed E-state index contributed by atoms with van der Waals surface area (Å²) in [6, 6.07) is 0. The van der Waals surface area contributed by atoms with Gasteiger partial charge in [0.2, 0.25) is 0 Å². The predicted octanol–water partition coefficient (Wildman–Crippen LogP) is 3.69. The van der Waals surface area contributed by atoms with Gasteiger partial charge in [-0.2, -0.15) is 0 Å². The highest BCUT2D eigenvalue weighted by atomic mass is 32.1. The Bertz CT molecular complexity index is 356. The van der Waals surface area contributed by atoms with Gasteiger partial charge in [0.15, 0.2) is 5.13 Å². The molecule has 1 heterocycles. The molecule has 0 spiro atoms. The molecule has 110 valence electrons. The monoisotopic (exact) mass is 283 g/mol. The van der Waals surface area contributed by atoms with Gasteiger partial charge in [-0.15, -0.1) is 11.3 Å². The molecular formula is C15H29N3S. The van der Waals surface area contributed by atoms with Crippen molar-refractivity contribution in [2.75, 3.05) is 24.5 Å². The number of aromatic nitrogens is 1. The molecule has 4 heteroatoms. The maximum atomic E-state index is 4.84. The zero-order chi connectivity index (χ0) is 14.3. The van der Waals surface area contributed by atoms with Gasteiger partial charge in [0.05, 0.1) is 5.69 Å². The van der Waals surface area contributed by atoms with Crippen LogP contribution in [0.1, 0.15) is 51.6 Å². The van der Waals surface area contributed by atoms with Crippen LogP contribution >= 0.6 is 11.3 Å². The van der Waals surface area contributed by atoms with Gasteiger partial charge in [-0.05, 0) is 32.7 Å². The molecule has 0 amide bonds. The summed E-state index contributed by atoms with van der Waals surface area (Å²) in [4.78, 5) is 8.61. The van der Waals surface area contributed by atoms with Crippen LogP contribution in [0, 0.1) is 5.92 Å². The smallest absolute Gasteiger partial charge is 0.185 e. The van der Waals surface area contributed by atoms with Gasteiger partial charge in [0.1, 0.15) is 0 Å². The molecule has 0 fully saturated rings. The Balaban J connectivity index is 2.76. The molecule has 0 aliphatic rings. The van der Waals surface area contributed by atoms with Crippen molar-refractivity contribution in [3.63, 3.8) is 0 Å². The average Bonchev–Trinajstić information content (AvgIpc) is 2.74. The van der Waals surface area contributed by atoms with Crippen LogP contribution in [-0.4, -0.2) is 24.6 Å². The zero-order valence-electron chi connectivity index (χ0n) is 13.1. The van der Waals surface area contributed by atoms with Crippen LogP contribution in [0.25, 0.3) is 0 Å².